The zero-order valence-electron chi connectivity index (χ0n) is 10.0. The number of hydrogen-bond acceptors (Lipinski definition) is 3. The molecule has 0 aromatic heterocycles. The highest BCUT2D eigenvalue weighted by Crippen LogP contribution is 2.43. The SMILES string of the molecule is COc1c(O)cc(C2(CN)CCCC2)cc1F. The van der Waals surface area contributed by atoms with E-state index in [1.165, 1.54) is 13.2 Å². The second kappa shape index (κ2) is 4.53. The van der Waals surface area contributed by atoms with E-state index in [1.54, 1.807) is 6.07 Å². The molecule has 0 atom stereocenters. The van der Waals surface area contributed by atoms with Crippen LogP contribution in [-0.4, -0.2) is 18.8 Å². The summed E-state index contributed by atoms with van der Waals surface area (Å²) in [5.74, 6) is -0.775. The molecule has 1 aromatic carbocycles. The number of benzene rings is 1. The van der Waals surface area contributed by atoms with Gasteiger partial charge in [0, 0.05) is 12.0 Å². The predicted octanol–water partition coefficient (Wildman–Crippen LogP) is 2.31. The van der Waals surface area contributed by atoms with E-state index in [9.17, 15) is 9.50 Å². The number of nitrogens with two attached hydrogens (primary N) is 1. The highest BCUT2D eigenvalue weighted by molar-refractivity contribution is 5.46. The monoisotopic (exact) mass is 239 g/mol. The molecular formula is C13H18FNO2. The van der Waals surface area contributed by atoms with Crippen molar-refractivity contribution in [2.24, 2.45) is 5.73 Å². The summed E-state index contributed by atoms with van der Waals surface area (Å²) in [4.78, 5) is 0. The lowest BCUT2D eigenvalue weighted by atomic mass is 9.79. The molecule has 0 unspecified atom stereocenters. The summed E-state index contributed by atoms with van der Waals surface area (Å²) in [5, 5.41) is 9.74. The first-order chi connectivity index (χ1) is 8.13. The molecule has 1 fully saturated rings. The third kappa shape index (κ3) is 1.97. The largest absolute Gasteiger partial charge is 0.504 e. The molecule has 0 aliphatic heterocycles. The summed E-state index contributed by atoms with van der Waals surface area (Å²) in [7, 11) is 1.34. The van der Waals surface area contributed by atoms with E-state index in [2.05, 4.69) is 0 Å². The van der Waals surface area contributed by atoms with E-state index in [1.807, 2.05) is 0 Å². The van der Waals surface area contributed by atoms with E-state index in [0.717, 1.165) is 31.2 Å². The van der Waals surface area contributed by atoms with Crippen LogP contribution in [0.1, 0.15) is 31.2 Å². The van der Waals surface area contributed by atoms with Crippen LogP contribution in [0.2, 0.25) is 0 Å². The molecule has 1 aliphatic rings. The van der Waals surface area contributed by atoms with Crippen molar-refractivity contribution in [1.29, 1.82) is 0 Å². The quantitative estimate of drug-likeness (QED) is 0.851. The van der Waals surface area contributed by atoms with Crippen molar-refractivity contribution in [1.82, 2.24) is 0 Å². The number of rotatable bonds is 3. The van der Waals surface area contributed by atoms with Crippen LogP contribution in [0.15, 0.2) is 12.1 Å². The Morgan fingerprint density at radius 1 is 1.41 bits per heavy atom. The fourth-order valence-electron chi connectivity index (χ4n) is 2.75. The number of aromatic hydroxyl groups is 1. The summed E-state index contributed by atoms with van der Waals surface area (Å²) in [5.41, 5.74) is 6.45. The van der Waals surface area contributed by atoms with Gasteiger partial charge in [0.15, 0.2) is 17.3 Å². The number of hydrogen-bond donors (Lipinski definition) is 2. The van der Waals surface area contributed by atoms with Crippen LogP contribution < -0.4 is 10.5 Å². The summed E-state index contributed by atoms with van der Waals surface area (Å²) in [6, 6.07) is 3.02. The molecule has 0 heterocycles. The van der Waals surface area contributed by atoms with Gasteiger partial charge in [0.1, 0.15) is 0 Å². The van der Waals surface area contributed by atoms with E-state index in [-0.39, 0.29) is 16.9 Å². The van der Waals surface area contributed by atoms with Crippen molar-refractivity contribution in [2.75, 3.05) is 13.7 Å². The van der Waals surface area contributed by atoms with E-state index < -0.39 is 5.82 Å². The van der Waals surface area contributed by atoms with Gasteiger partial charge in [-0.15, -0.1) is 0 Å². The fraction of sp³-hybridized carbons (Fsp3) is 0.538. The Bertz CT molecular complexity index is 391. The predicted molar refractivity (Wildman–Crippen MR) is 63.8 cm³/mol. The average Bonchev–Trinajstić information content (AvgIpc) is 2.78. The maximum Gasteiger partial charge on any atom is 0.196 e. The average molecular weight is 239 g/mol. The Hall–Kier alpha value is -1.29. The molecule has 3 N–H and O–H groups in total. The first-order valence-corrected chi connectivity index (χ1v) is 5.90. The second-order valence-corrected chi connectivity index (χ2v) is 4.70. The second-order valence-electron chi connectivity index (χ2n) is 4.70. The number of halogens is 1. The van der Waals surface area contributed by atoms with Gasteiger partial charge in [-0.3, -0.25) is 0 Å². The Balaban J connectivity index is 2.45. The minimum absolute atomic E-state index is 0.0982. The third-order valence-corrected chi connectivity index (χ3v) is 3.79. The summed E-state index contributed by atoms with van der Waals surface area (Å²) in [6.07, 6.45) is 4.11. The minimum Gasteiger partial charge on any atom is -0.504 e. The number of ether oxygens (including phenoxy) is 1. The van der Waals surface area contributed by atoms with Crippen molar-refractivity contribution in [3.8, 4) is 11.5 Å². The number of phenols is 1. The van der Waals surface area contributed by atoms with Gasteiger partial charge in [-0.25, -0.2) is 4.39 Å². The first-order valence-electron chi connectivity index (χ1n) is 5.90. The minimum atomic E-state index is -0.526. The van der Waals surface area contributed by atoms with Crippen molar-refractivity contribution in [3.63, 3.8) is 0 Å². The highest BCUT2D eigenvalue weighted by atomic mass is 19.1. The molecule has 0 radical (unpaired) electrons. The normalized spacial score (nSPS) is 18.3. The lowest BCUT2D eigenvalue weighted by molar-refractivity contribution is 0.347. The standard InChI is InChI=1S/C13H18FNO2/c1-17-12-10(14)6-9(7-11(12)16)13(8-15)4-2-3-5-13/h6-7,16H,2-5,8,15H2,1H3. The first kappa shape index (κ1) is 12.2. The van der Waals surface area contributed by atoms with E-state index in [0.29, 0.717) is 6.54 Å². The van der Waals surface area contributed by atoms with Crippen molar-refractivity contribution >= 4 is 0 Å². The van der Waals surface area contributed by atoms with Crippen LogP contribution in [0.4, 0.5) is 4.39 Å². The van der Waals surface area contributed by atoms with Gasteiger partial charge < -0.3 is 15.6 Å². The molecule has 4 heteroatoms. The van der Waals surface area contributed by atoms with Gasteiger partial charge >= 0.3 is 0 Å². The molecule has 0 saturated heterocycles. The molecule has 3 nitrogen and oxygen atoms in total. The van der Waals surface area contributed by atoms with Gasteiger partial charge in [-0.05, 0) is 30.5 Å². The maximum absolute atomic E-state index is 13.7. The van der Waals surface area contributed by atoms with Crippen molar-refractivity contribution in [2.45, 2.75) is 31.1 Å². The van der Waals surface area contributed by atoms with Crippen molar-refractivity contribution in [3.05, 3.63) is 23.5 Å². The van der Waals surface area contributed by atoms with Crippen LogP contribution in [0.3, 0.4) is 0 Å². The smallest absolute Gasteiger partial charge is 0.196 e. The zero-order valence-corrected chi connectivity index (χ0v) is 10.0. The van der Waals surface area contributed by atoms with Crippen LogP contribution in [0, 0.1) is 5.82 Å². The van der Waals surface area contributed by atoms with Crippen LogP contribution in [0.5, 0.6) is 11.5 Å². The molecule has 1 saturated carbocycles. The van der Waals surface area contributed by atoms with Gasteiger partial charge in [0.25, 0.3) is 0 Å². The summed E-state index contributed by atoms with van der Waals surface area (Å²) in [6.45, 7) is 0.484. The molecular weight excluding hydrogens is 221 g/mol. The lowest BCUT2D eigenvalue weighted by Gasteiger charge is -2.28. The molecule has 17 heavy (non-hydrogen) atoms. The topological polar surface area (TPSA) is 55.5 Å². The maximum atomic E-state index is 13.7. The zero-order chi connectivity index (χ0) is 12.5. The Morgan fingerprint density at radius 2 is 2.06 bits per heavy atom. The summed E-state index contributed by atoms with van der Waals surface area (Å²) >= 11 is 0. The molecule has 1 aromatic rings. The Kier molecular flexibility index (Phi) is 3.24. The van der Waals surface area contributed by atoms with Gasteiger partial charge in [-0.1, -0.05) is 12.8 Å². The molecule has 0 spiro atoms. The molecule has 0 amide bonds. The third-order valence-electron chi connectivity index (χ3n) is 3.79. The lowest BCUT2D eigenvalue weighted by Crippen LogP contribution is -2.32. The molecule has 2 rings (SSSR count). The molecule has 0 bridgehead atoms. The van der Waals surface area contributed by atoms with E-state index >= 15 is 0 Å². The van der Waals surface area contributed by atoms with Gasteiger partial charge in [-0.2, -0.15) is 0 Å². The summed E-state index contributed by atoms with van der Waals surface area (Å²) < 4.78 is 18.5. The number of methoxy groups -OCH3 is 1. The van der Waals surface area contributed by atoms with Crippen LogP contribution in [0.25, 0.3) is 0 Å². The van der Waals surface area contributed by atoms with Gasteiger partial charge in [0.05, 0.1) is 7.11 Å². The molecule has 1 aliphatic carbocycles. The van der Waals surface area contributed by atoms with Crippen LogP contribution >= 0.6 is 0 Å². The van der Waals surface area contributed by atoms with Gasteiger partial charge in [0.2, 0.25) is 0 Å². The Labute approximate surface area is 100 Å². The fourth-order valence-corrected chi connectivity index (χ4v) is 2.75. The Morgan fingerprint density at radius 3 is 2.53 bits per heavy atom. The number of phenolic OH excluding ortho intramolecular Hbond substituents is 1. The van der Waals surface area contributed by atoms with Crippen molar-refractivity contribution < 1.29 is 14.2 Å². The molecule has 94 valence electrons. The van der Waals surface area contributed by atoms with Crippen LogP contribution in [-0.2, 0) is 5.41 Å². The van der Waals surface area contributed by atoms with E-state index in [4.69, 9.17) is 10.5 Å². The highest BCUT2D eigenvalue weighted by Gasteiger charge is 2.35.